The molecule has 2 atom stereocenters. The Morgan fingerprint density at radius 2 is 2.20 bits per heavy atom. The van der Waals surface area contributed by atoms with Crippen LogP contribution in [-0.2, 0) is 12.5 Å². The van der Waals surface area contributed by atoms with Gasteiger partial charge in [-0.15, -0.1) is 0 Å². The quantitative estimate of drug-likeness (QED) is 0.707. The van der Waals surface area contributed by atoms with Crippen LogP contribution in [0, 0.1) is 0 Å². The third kappa shape index (κ3) is 1.61. The van der Waals surface area contributed by atoms with Crippen molar-refractivity contribution in [2.45, 2.75) is 44.1 Å². The molecule has 4 N–H and O–H groups in total. The van der Waals surface area contributed by atoms with Crippen molar-refractivity contribution in [3.63, 3.8) is 0 Å². The summed E-state index contributed by atoms with van der Waals surface area (Å²) in [5.41, 5.74) is 11.8. The monoisotopic (exact) mass is 209 g/mol. The number of nitrogens with zero attached hydrogens (tertiary/aromatic N) is 3. The lowest BCUT2D eigenvalue weighted by molar-refractivity contribution is 0.258. The van der Waals surface area contributed by atoms with Gasteiger partial charge in [0.2, 0.25) is 5.95 Å². The second-order valence-electron chi connectivity index (χ2n) is 4.69. The fourth-order valence-electron chi connectivity index (χ4n) is 2.28. The number of aromatic nitrogens is 3. The first-order chi connectivity index (χ1) is 7.04. The molecule has 84 valence electrons. The van der Waals surface area contributed by atoms with Gasteiger partial charge in [0, 0.05) is 18.5 Å². The number of rotatable bonds is 1. The summed E-state index contributed by atoms with van der Waals surface area (Å²) in [6.07, 6.45) is 4.51. The van der Waals surface area contributed by atoms with E-state index in [4.69, 9.17) is 11.5 Å². The van der Waals surface area contributed by atoms with Crippen molar-refractivity contribution in [1.29, 1.82) is 0 Å². The van der Waals surface area contributed by atoms with Gasteiger partial charge in [-0.2, -0.15) is 10.1 Å². The van der Waals surface area contributed by atoms with Crippen LogP contribution in [0.5, 0.6) is 0 Å². The smallest absolute Gasteiger partial charge is 0.218 e. The predicted molar refractivity (Wildman–Crippen MR) is 59.2 cm³/mol. The summed E-state index contributed by atoms with van der Waals surface area (Å²) >= 11 is 0. The second kappa shape index (κ2) is 3.48. The molecule has 1 heterocycles. The third-order valence-corrected chi connectivity index (χ3v) is 3.59. The van der Waals surface area contributed by atoms with E-state index >= 15 is 0 Å². The van der Waals surface area contributed by atoms with Crippen molar-refractivity contribution >= 4 is 5.95 Å². The van der Waals surface area contributed by atoms with Gasteiger partial charge in [0.25, 0.3) is 0 Å². The minimum Gasteiger partial charge on any atom is -0.368 e. The predicted octanol–water partition coefficient (Wildman–Crippen LogP) is 0.556. The van der Waals surface area contributed by atoms with Gasteiger partial charge in [0.1, 0.15) is 0 Å². The summed E-state index contributed by atoms with van der Waals surface area (Å²) in [6.45, 7) is 2.14. The first-order valence-corrected chi connectivity index (χ1v) is 5.46. The molecule has 1 fully saturated rings. The molecule has 0 amide bonds. The molecule has 2 rings (SSSR count). The van der Waals surface area contributed by atoms with Crippen molar-refractivity contribution in [2.75, 3.05) is 5.73 Å². The molecule has 1 aliphatic carbocycles. The zero-order chi connectivity index (χ0) is 11.1. The SMILES string of the molecule is Cn1nc(C2(C)CCCCC2N)nc1N. The Balaban J connectivity index is 2.34. The molecule has 2 unspecified atom stereocenters. The number of aryl methyl sites for hydroxylation is 1. The Hall–Kier alpha value is -1.10. The highest BCUT2D eigenvalue weighted by atomic mass is 15.4. The number of nitrogens with two attached hydrogens (primary N) is 2. The fourth-order valence-corrected chi connectivity index (χ4v) is 2.28. The zero-order valence-electron chi connectivity index (χ0n) is 9.40. The van der Waals surface area contributed by atoms with E-state index in [9.17, 15) is 0 Å². The van der Waals surface area contributed by atoms with Crippen LogP contribution in [0.25, 0.3) is 0 Å². The van der Waals surface area contributed by atoms with Gasteiger partial charge in [-0.25, -0.2) is 4.68 Å². The summed E-state index contributed by atoms with van der Waals surface area (Å²) in [5.74, 6) is 1.26. The zero-order valence-corrected chi connectivity index (χ0v) is 9.40. The highest BCUT2D eigenvalue weighted by Gasteiger charge is 2.39. The van der Waals surface area contributed by atoms with Crippen LogP contribution in [0.1, 0.15) is 38.4 Å². The maximum absolute atomic E-state index is 6.17. The molecule has 0 radical (unpaired) electrons. The molecule has 15 heavy (non-hydrogen) atoms. The second-order valence-corrected chi connectivity index (χ2v) is 4.69. The van der Waals surface area contributed by atoms with Gasteiger partial charge in [-0.1, -0.05) is 19.8 Å². The summed E-state index contributed by atoms with van der Waals surface area (Å²) in [5, 5.41) is 4.36. The molecule has 0 aromatic carbocycles. The van der Waals surface area contributed by atoms with Gasteiger partial charge >= 0.3 is 0 Å². The van der Waals surface area contributed by atoms with Gasteiger partial charge in [-0.3, -0.25) is 0 Å². The topological polar surface area (TPSA) is 82.8 Å². The molecule has 1 aliphatic rings. The third-order valence-electron chi connectivity index (χ3n) is 3.59. The van der Waals surface area contributed by atoms with Crippen molar-refractivity contribution in [2.24, 2.45) is 12.8 Å². The summed E-state index contributed by atoms with van der Waals surface area (Å²) in [4.78, 5) is 4.31. The molecule has 0 saturated heterocycles. The molecule has 5 heteroatoms. The average Bonchev–Trinajstić information content (AvgIpc) is 2.53. The maximum Gasteiger partial charge on any atom is 0.218 e. The molecule has 0 bridgehead atoms. The number of hydrogen-bond donors (Lipinski definition) is 2. The lowest BCUT2D eigenvalue weighted by atomic mass is 9.71. The van der Waals surface area contributed by atoms with Crippen molar-refractivity contribution in [1.82, 2.24) is 14.8 Å². The summed E-state index contributed by atoms with van der Waals surface area (Å²) < 4.78 is 1.61. The maximum atomic E-state index is 6.17. The van der Waals surface area contributed by atoms with E-state index in [-0.39, 0.29) is 11.5 Å². The van der Waals surface area contributed by atoms with Crippen LogP contribution < -0.4 is 11.5 Å². The van der Waals surface area contributed by atoms with Crippen molar-refractivity contribution < 1.29 is 0 Å². The first kappa shape index (κ1) is 10.4. The Morgan fingerprint density at radius 3 is 2.73 bits per heavy atom. The molecular weight excluding hydrogens is 190 g/mol. The lowest BCUT2D eigenvalue weighted by Crippen LogP contribution is -2.46. The Kier molecular flexibility index (Phi) is 2.42. The number of hydrogen-bond acceptors (Lipinski definition) is 4. The summed E-state index contributed by atoms with van der Waals surface area (Å²) in [7, 11) is 1.81. The van der Waals surface area contributed by atoms with E-state index in [0.29, 0.717) is 5.95 Å². The van der Waals surface area contributed by atoms with Crippen molar-refractivity contribution in [3.05, 3.63) is 5.82 Å². The Bertz CT molecular complexity index is 339. The Labute approximate surface area is 89.9 Å². The Morgan fingerprint density at radius 1 is 1.47 bits per heavy atom. The van der Waals surface area contributed by atoms with E-state index in [2.05, 4.69) is 17.0 Å². The lowest BCUT2D eigenvalue weighted by Gasteiger charge is -2.36. The molecule has 1 aromatic heterocycles. The van der Waals surface area contributed by atoms with Crippen molar-refractivity contribution in [3.8, 4) is 0 Å². The van der Waals surface area contributed by atoms with E-state index < -0.39 is 0 Å². The highest BCUT2D eigenvalue weighted by Crippen LogP contribution is 2.36. The van der Waals surface area contributed by atoms with Crippen LogP contribution >= 0.6 is 0 Å². The van der Waals surface area contributed by atoms with Gasteiger partial charge < -0.3 is 11.5 Å². The minimum absolute atomic E-state index is 0.104. The molecule has 5 nitrogen and oxygen atoms in total. The molecule has 1 aromatic rings. The molecular formula is C10H19N5. The van der Waals surface area contributed by atoms with Gasteiger partial charge in [0.15, 0.2) is 5.82 Å². The van der Waals surface area contributed by atoms with Gasteiger partial charge in [0.05, 0.1) is 0 Å². The van der Waals surface area contributed by atoms with Crippen LogP contribution in [0.3, 0.4) is 0 Å². The fraction of sp³-hybridized carbons (Fsp3) is 0.800. The van der Waals surface area contributed by atoms with Crippen LogP contribution in [0.4, 0.5) is 5.95 Å². The van der Waals surface area contributed by atoms with E-state index in [1.54, 1.807) is 4.68 Å². The van der Waals surface area contributed by atoms with E-state index in [0.717, 1.165) is 18.7 Å². The normalized spacial score (nSPS) is 31.8. The summed E-state index contributed by atoms with van der Waals surface area (Å²) in [6, 6.07) is 0.146. The number of anilines is 1. The molecule has 1 saturated carbocycles. The number of nitrogen functional groups attached to an aromatic ring is 1. The van der Waals surface area contributed by atoms with Gasteiger partial charge in [-0.05, 0) is 12.8 Å². The molecule has 0 aliphatic heterocycles. The first-order valence-electron chi connectivity index (χ1n) is 5.46. The highest BCUT2D eigenvalue weighted by molar-refractivity contribution is 5.21. The minimum atomic E-state index is -0.104. The average molecular weight is 209 g/mol. The van der Waals surface area contributed by atoms with Crippen LogP contribution in [0.2, 0.25) is 0 Å². The van der Waals surface area contributed by atoms with E-state index in [1.165, 1.54) is 12.8 Å². The van der Waals surface area contributed by atoms with Crippen LogP contribution in [-0.4, -0.2) is 20.8 Å². The van der Waals surface area contributed by atoms with E-state index in [1.807, 2.05) is 7.05 Å². The van der Waals surface area contributed by atoms with Crippen LogP contribution in [0.15, 0.2) is 0 Å². The standard InChI is InChI=1S/C10H19N5/c1-10(6-4-3-5-7(10)11)8-13-9(12)15(2)14-8/h7H,3-6,11H2,1-2H3,(H2,12,13,14). The largest absolute Gasteiger partial charge is 0.368 e. The molecule has 0 spiro atoms.